The average Bonchev–Trinajstić information content (AvgIpc) is 3.06. The van der Waals surface area contributed by atoms with E-state index < -0.39 is 48.7 Å². The van der Waals surface area contributed by atoms with Crippen LogP contribution in [0, 0.1) is 0 Å². The second-order valence-electron chi connectivity index (χ2n) is 14.0. The molecule has 0 bridgehead atoms. The summed E-state index contributed by atoms with van der Waals surface area (Å²) in [5.41, 5.74) is 0. The average molecular weight is 671 g/mol. The number of ether oxygens (including phenoxy) is 1. The molecule has 0 aromatic carbocycles. The number of hydrogen-bond acceptors (Lipinski definition) is 7. The number of nitrogens with one attached hydrogen (secondary N) is 2. The molecular weight excluding hydrogens is 596 g/mol. The van der Waals surface area contributed by atoms with E-state index in [1.54, 1.807) is 6.92 Å². The molecule has 278 valence electrons. The molecule has 0 saturated heterocycles. The summed E-state index contributed by atoms with van der Waals surface area (Å²) in [5.74, 6) is 0. The summed E-state index contributed by atoms with van der Waals surface area (Å²) in [4.78, 5) is 12.6. The second kappa shape index (κ2) is 29.7. The summed E-state index contributed by atoms with van der Waals surface area (Å²) in [6.45, 7) is 4.47. The van der Waals surface area contributed by atoms with Crippen molar-refractivity contribution in [2.75, 3.05) is 13.2 Å². The van der Waals surface area contributed by atoms with Crippen molar-refractivity contribution in [3.8, 4) is 0 Å². The lowest BCUT2D eigenvalue weighted by Gasteiger charge is -2.33. The highest BCUT2D eigenvalue weighted by atomic mass is 16.5. The van der Waals surface area contributed by atoms with Crippen LogP contribution in [0.4, 0.5) is 4.79 Å². The molecule has 0 fully saturated rings. The van der Waals surface area contributed by atoms with Gasteiger partial charge in [-0.1, -0.05) is 161 Å². The molecule has 1 aliphatic rings. The van der Waals surface area contributed by atoms with Crippen molar-refractivity contribution in [1.82, 2.24) is 10.6 Å². The van der Waals surface area contributed by atoms with Crippen LogP contribution in [-0.2, 0) is 4.74 Å². The molecule has 9 nitrogen and oxygen atoms in total. The number of aliphatic hydroxyl groups is 5. The molecular formula is C38H74N2O7. The standard InChI is InChI=1S/C38H74N2O7/c1-3-5-6-7-8-9-10-11-12-13-14-15-16-17-18-19-20-21-22-23-24-25-28-39-38(46)40-32(34(43)29-31(41)4-2)30-47-35-27-26-33(42)36(44)37(35)45/h26-27,31-37,41-45H,3-25,28-30H2,1-2H3,(H2,39,40,46). The lowest BCUT2D eigenvalue weighted by molar-refractivity contribution is -0.113. The number of aliphatic hydroxyl groups excluding tert-OH is 5. The summed E-state index contributed by atoms with van der Waals surface area (Å²) in [5, 5.41) is 56.0. The number of amides is 2. The van der Waals surface area contributed by atoms with Gasteiger partial charge in [-0.2, -0.15) is 0 Å². The van der Waals surface area contributed by atoms with Gasteiger partial charge in [-0.3, -0.25) is 0 Å². The van der Waals surface area contributed by atoms with E-state index in [1.807, 2.05) is 0 Å². The van der Waals surface area contributed by atoms with E-state index in [0.29, 0.717) is 13.0 Å². The van der Waals surface area contributed by atoms with E-state index in [1.165, 1.54) is 134 Å². The van der Waals surface area contributed by atoms with Crippen molar-refractivity contribution in [2.24, 2.45) is 0 Å². The third kappa shape index (κ3) is 22.9. The third-order valence-electron chi connectivity index (χ3n) is 9.58. The van der Waals surface area contributed by atoms with E-state index in [4.69, 9.17) is 4.74 Å². The summed E-state index contributed by atoms with van der Waals surface area (Å²) >= 11 is 0. The molecule has 7 unspecified atom stereocenters. The maximum absolute atomic E-state index is 12.6. The fourth-order valence-corrected chi connectivity index (χ4v) is 6.23. The summed E-state index contributed by atoms with van der Waals surface area (Å²) in [7, 11) is 0. The van der Waals surface area contributed by atoms with Crippen molar-refractivity contribution < 1.29 is 35.1 Å². The highest BCUT2D eigenvalue weighted by Gasteiger charge is 2.34. The number of carbonyl (C=O) groups is 1. The Balaban J connectivity index is 2.03. The van der Waals surface area contributed by atoms with Crippen LogP contribution in [0.3, 0.4) is 0 Å². The third-order valence-corrected chi connectivity index (χ3v) is 9.58. The zero-order valence-corrected chi connectivity index (χ0v) is 30.1. The Morgan fingerprint density at radius 1 is 0.660 bits per heavy atom. The van der Waals surface area contributed by atoms with Crippen LogP contribution in [0.25, 0.3) is 0 Å². The molecule has 7 atom stereocenters. The van der Waals surface area contributed by atoms with Crippen LogP contribution < -0.4 is 10.6 Å². The van der Waals surface area contributed by atoms with Crippen molar-refractivity contribution in [1.29, 1.82) is 0 Å². The van der Waals surface area contributed by atoms with E-state index in [-0.39, 0.29) is 13.0 Å². The molecule has 47 heavy (non-hydrogen) atoms. The van der Waals surface area contributed by atoms with E-state index in [9.17, 15) is 30.3 Å². The first-order valence-corrected chi connectivity index (χ1v) is 19.5. The Morgan fingerprint density at radius 3 is 1.55 bits per heavy atom. The molecule has 0 radical (unpaired) electrons. The minimum Gasteiger partial charge on any atom is -0.393 e. The molecule has 1 aliphatic carbocycles. The number of hydrogen-bond donors (Lipinski definition) is 7. The first-order valence-electron chi connectivity index (χ1n) is 19.5. The largest absolute Gasteiger partial charge is 0.393 e. The molecule has 9 heteroatoms. The molecule has 0 aliphatic heterocycles. The normalized spacial score (nSPS) is 21.4. The zero-order chi connectivity index (χ0) is 34.5. The highest BCUT2D eigenvalue weighted by Crippen LogP contribution is 2.18. The van der Waals surface area contributed by atoms with Crippen molar-refractivity contribution in [3.63, 3.8) is 0 Å². The first kappa shape index (κ1) is 43.8. The fraction of sp³-hybridized carbons (Fsp3) is 0.921. The Hall–Kier alpha value is -1.23. The van der Waals surface area contributed by atoms with Crippen molar-refractivity contribution in [2.45, 2.75) is 211 Å². The summed E-state index contributed by atoms with van der Waals surface area (Å²) in [6, 6.07) is -1.26. The van der Waals surface area contributed by atoms with Crippen LogP contribution in [-0.4, -0.2) is 87.4 Å². The Labute approximate surface area is 287 Å². The van der Waals surface area contributed by atoms with Crippen LogP contribution in [0.2, 0.25) is 0 Å². The Morgan fingerprint density at radius 2 is 1.11 bits per heavy atom. The van der Waals surface area contributed by atoms with Gasteiger partial charge < -0.3 is 40.9 Å². The fourth-order valence-electron chi connectivity index (χ4n) is 6.23. The molecule has 0 spiro atoms. The molecule has 0 heterocycles. The van der Waals surface area contributed by atoms with Gasteiger partial charge >= 0.3 is 6.03 Å². The molecule has 0 aromatic heterocycles. The molecule has 1 rings (SSSR count). The van der Waals surface area contributed by atoms with Crippen LogP contribution in [0.1, 0.15) is 168 Å². The molecule has 0 saturated carbocycles. The first-order chi connectivity index (χ1) is 22.8. The predicted molar refractivity (Wildman–Crippen MR) is 191 cm³/mol. The number of rotatable bonds is 31. The Kier molecular flexibility index (Phi) is 27.6. The predicted octanol–water partition coefficient (Wildman–Crippen LogP) is 6.82. The number of urea groups is 1. The molecule has 0 aromatic rings. The minimum absolute atomic E-state index is 0.0641. The Bertz CT molecular complexity index is 756. The second-order valence-corrected chi connectivity index (χ2v) is 14.0. The van der Waals surface area contributed by atoms with Crippen LogP contribution >= 0.6 is 0 Å². The van der Waals surface area contributed by atoms with Gasteiger partial charge in [0.05, 0.1) is 24.9 Å². The van der Waals surface area contributed by atoms with Gasteiger partial charge in [0.1, 0.15) is 24.4 Å². The maximum Gasteiger partial charge on any atom is 0.315 e. The van der Waals surface area contributed by atoms with Gasteiger partial charge in [0.2, 0.25) is 0 Å². The lowest BCUT2D eigenvalue weighted by atomic mass is 9.96. The minimum atomic E-state index is -1.38. The van der Waals surface area contributed by atoms with E-state index >= 15 is 0 Å². The lowest BCUT2D eigenvalue weighted by Crippen LogP contribution is -2.53. The van der Waals surface area contributed by atoms with E-state index in [0.717, 1.165) is 19.3 Å². The zero-order valence-electron chi connectivity index (χ0n) is 30.1. The van der Waals surface area contributed by atoms with Crippen molar-refractivity contribution >= 4 is 6.03 Å². The smallest absolute Gasteiger partial charge is 0.315 e. The van der Waals surface area contributed by atoms with Gasteiger partial charge in [-0.15, -0.1) is 0 Å². The van der Waals surface area contributed by atoms with Gasteiger partial charge in [0.25, 0.3) is 0 Å². The van der Waals surface area contributed by atoms with Crippen LogP contribution in [0.15, 0.2) is 12.2 Å². The molecule has 2 amide bonds. The van der Waals surface area contributed by atoms with Gasteiger partial charge in [-0.05, 0) is 12.8 Å². The van der Waals surface area contributed by atoms with Gasteiger partial charge in [-0.25, -0.2) is 4.79 Å². The maximum atomic E-state index is 12.6. The monoisotopic (exact) mass is 671 g/mol. The van der Waals surface area contributed by atoms with Gasteiger partial charge in [0, 0.05) is 13.0 Å². The summed E-state index contributed by atoms with van der Waals surface area (Å²) < 4.78 is 5.68. The van der Waals surface area contributed by atoms with Gasteiger partial charge in [0.15, 0.2) is 0 Å². The van der Waals surface area contributed by atoms with Crippen LogP contribution in [0.5, 0.6) is 0 Å². The number of unbranched alkanes of at least 4 members (excludes halogenated alkanes) is 21. The SMILES string of the molecule is CCCCCCCCCCCCCCCCCCCCCCCCNC(=O)NC(COC1C=CC(O)C(O)C1O)C(O)CC(O)CC. The highest BCUT2D eigenvalue weighted by molar-refractivity contribution is 5.74. The molecule has 7 N–H and O–H groups in total. The van der Waals surface area contributed by atoms with Crippen molar-refractivity contribution in [3.05, 3.63) is 12.2 Å². The van der Waals surface area contributed by atoms with E-state index in [2.05, 4.69) is 17.6 Å². The topological polar surface area (TPSA) is 152 Å². The summed E-state index contributed by atoms with van der Waals surface area (Å²) in [6.07, 6.45) is 26.1. The quantitative estimate of drug-likeness (QED) is 0.0316. The number of carbonyl (C=O) groups excluding carboxylic acids is 1.